The molecular formula is C21H29N3O6S. The monoisotopic (exact) mass is 451 g/mol. The molecular weight excluding hydrogens is 422 g/mol. The van der Waals surface area contributed by atoms with Crippen LogP contribution in [-0.2, 0) is 14.3 Å². The van der Waals surface area contributed by atoms with E-state index in [0.29, 0.717) is 5.56 Å². The molecule has 2 rings (SSSR count). The number of urea groups is 1. The number of carboxylic acid groups (broad SMARTS) is 1. The Kier molecular flexibility index (Phi) is 10.3. The van der Waals surface area contributed by atoms with Gasteiger partial charge >= 0.3 is 18.0 Å². The second kappa shape index (κ2) is 12.9. The second-order valence-electron chi connectivity index (χ2n) is 7.47. The van der Waals surface area contributed by atoms with Gasteiger partial charge in [-0.15, -0.1) is 0 Å². The van der Waals surface area contributed by atoms with Crippen molar-refractivity contribution >= 4 is 35.5 Å². The average molecular weight is 452 g/mol. The molecule has 0 aromatic carbocycles. The van der Waals surface area contributed by atoms with Gasteiger partial charge in [-0.05, 0) is 25.0 Å². The lowest BCUT2D eigenvalue weighted by atomic mass is 9.96. The fraction of sp³-hybridized carbons (Fsp3) is 0.571. The number of hydrogen-bond acceptors (Lipinski definition) is 7. The molecule has 2 atom stereocenters. The first-order valence-electron chi connectivity index (χ1n) is 10.3. The quantitative estimate of drug-likeness (QED) is 0.344. The zero-order valence-corrected chi connectivity index (χ0v) is 18.4. The summed E-state index contributed by atoms with van der Waals surface area (Å²) in [4.78, 5) is 52.2. The number of ketones is 1. The molecule has 1 heterocycles. The Balaban J connectivity index is 1.92. The van der Waals surface area contributed by atoms with Gasteiger partial charge in [0, 0.05) is 41.4 Å². The number of carbonyl (C=O) groups excluding carboxylic acids is 3. The fourth-order valence-corrected chi connectivity index (χ4v) is 4.60. The number of Topliss-reactive ketones (excluding diaryl/α,β-unsaturated/α-hetero) is 1. The minimum absolute atomic E-state index is 0.0942. The van der Waals surface area contributed by atoms with Crippen molar-refractivity contribution < 1.29 is 29.0 Å². The van der Waals surface area contributed by atoms with Gasteiger partial charge in [-0.25, -0.2) is 9.59 Å². The summed E-state index contributed by atoms with van der Waals surface area (Å²) in [5, 5.41) is 14.7. The Bertz CT molecular complexity index is 755. The lowest BCUT2D eigenvalue weighted by molar-refractivity contribution is -0.142. The molecule has 31 heavy (non-hydrogen) atoms. The molecule has 1 fully saturated rings. The van der Waals surface area contributed by atoms with Crippen LogP contribution in [0.2, 0.25) is 0 Å². The van der Waals surface area contributed by atoms with Crippen molar-refractivity contribution in [2.75, 3.05) is 18.6 Å². The number of carboxylic acids is 1. The molecule has 9 nitrogen and oxygen atoms in total. The maximum absolute atomic E-state index is 12.7. The average Bonchev–Trinajstić information content (AvgIpc) is 2.77. The number of methoxy groups -OCH3 is 1. The fourth-order valence-electron chi connectivity index (χ4n) is 3.45. The first-order valence-corrected chi connectivity index (χ1v) is 11.4. The van der Waals surface area contributed by atoms with Crippen LogP contribution in [0.1, 0.15) is 48.9 Å². The van der Waals surface area contributed by atoms with Gasteiger partial charge in [0.25, 0.3) is 0 Å². The third-order valence-electron chi connectivity index (χ3n) is 5.07. The molecule has 0 saturated heterocycles. The van der Waals surface area contributed by atoms with E-state index in [9.17, 15) is 24.3 Å². The minimum Gasteiger partial charge on any atom is -0.481 e. The van der Waals surface area contributed by atoms with Crippen LogP contribution in [0.3, 0.4) is 0 Å². The van der Waals surface area contributed by atoms with E-state index in [1.165, 1.54) is 31.3 Å². The van der Waals surface area contributed by atoms with Crippen molar-refractivity contribution in [2.45, 2.75) is 50.6 Å². The molecule has 1 saturated carbocycles. The van der Waals surface area contributed by atoms with Crippen LogP contribution in [0.5, 0.6) is 0 Å². The Morgan fingerprint density at radius 2 is 1.97 bits per heavy atom. The van der Waals surface area contributed by atoms with Crippen molar-refractivity contribution in [3.8, 4) is 0 Å². The Morgan fingerprint density at radius 3 is 2.58 bits per heavy atom. The molecule has 0 bridgehead atoms. The number of amides is 2. The standard InChI is InChI=1S/C21H29N3O6S/c1-30-20(28)17(24-21(29)23-16-7-3-2-4-8-16)13-31-12-15(10-18(25)26)19(27)14-6-5-9-22-11-14/h5-6,9,11,15-17H,2-4,7-8,10,12-13H2,1H3,(H,25,26)(H2,23,24,29)/t15?,17-/m0/s1. The van der Waals surface area contributed by atoms with E-state index in [1.54, 1.807) is 12.1 Å². The SMILES string of the molecule is COC(=O)[C@H](CSCC(CC(=O)O)C(=O)c1cccnc1)NC(=O)NC1CCCCC1. The molecule has 1 aromatic rings. The molecule has 1 aliphatic carbocycles. The highest BCUT2D eigenvalue weighted by atomic mass is 32.2. The van der Waals surface area contributed by atoms with Crippen LogP contribution in [0.4, 0.5) is 4.79 Å². The molecule has 1 unspecified atom stereocenters. The first kappa shape index (κ1) is 24.6. The molecule has 0 spiro atoms. The summed E-state index contributed by atoms with van der Waals surface area (Å²) in [5.41, 5.74) is 0.337. The van der Waals surface area contributed by atoms with Crippen molar-refractivity contribution in [2.24, 2.45) is 5.92 Å². The zero-order chi connectivity index (χ0) is 22.6. The van der Waals surface area contributed by atoms with Gasteiger partial charge in [0.2, 0.25) is 0 Å². The van der Waals surface area contributed by atoms with E-state index < -0.39 is 29.9 Å². The van der Waals surface area contributed by atoms with Crippen LogP contribution in [-0.4, -0.2) is 64.5 Å². The normalized spacial score (nSPS) is 16.0. The topological polar surface area (TPSA) is 135 Å². The molecule has 10 heteroatoms. The van der Waals surface area contributed by atoms with Crippen LogP contribution in [0.25, 0.3) is 0 Å². The van der Waals surface area contributed by atoms with Crippen LogP contribution >= 0.6 is 11.8 Å². The highest BCUT2D eigenvalue weighted by Crippen LogP contribution is 2.20. The number of pyridine rings is 1. The van der Waals surface area contributed by atoms with Gasteiger partial charge in [0.15, 0.2) is 5.78 Å². The Hall–Kier alpha value is -2.62. The molecule has 1 aromatic heterocycles. The van der Waals surface area contributed by atoms with E-state index >= 15 is 0 Å². The number of nitrogens with zero attached hydrogens (tertiary/aromatic N) is 1. The predicted octanol–water partition coefficient (Wildman–Crippen LogP) is 2.26. The van der Waals surface area contributed by atoms with Crippen molar-refractivity contribution in [3.63, 3.8) is 0 Å². The summed E-state index contributed by atoms with van der Waals surface area (Å²) in [6.45, 7) is 0. The second-order valence-corrected chi connectivity index (χ2v) is 8.54. The van der Waals surface area contributed by atoms with Crippen LogP contribution in [0.15, 0.2) is 24.5 Å². The number of ether oxygens (including phenoxy) is 1. The van der Waals surface area contributed by atoms with Crippen molar-refractivity contribution in [1.82, 2.24) is 15.6 Å². The highest BCUT2D eigenvalue weighted by molar-refractivity contribution is 7.99. The number of carbonyl (C=O) groups is 4. The number of hydrogen-bond donors (Lipinski definition) is 3. The number of esters is 1. The third-order valence-corrected chi connectivity index (χ3v) is 6.28. The summed E-state index contributed by atoms with van der Waals surface area (Å²) >= 11 is 1.22. The third kappa shape index (κ3) is 8.56. The lowest BCUT2D eigenvalue weighted by Crippen LogP contribution is -2.50. The number of thioether (sulfide) groups is 1. The maximum atomic E-state index is 12.7. The molecule has 0 aliphatic heterocycles. The summed E-state index contributed by atoms with van der Waals surface area (Å²) in [6.07, 6.45) is 7.72. The Labute approximate surface area is 185 Å². The molecule has 2 amide bonds. The largest absolute Gasteiger partial charge is 0.481 e. The van der Waals surface area contributed by atoms with Crippen LogP contribution < -0.4 is 10.6 Å². The number of aliphatic carboxylic acids is 1. The summed E-state index contributed by atoms with van der Waals surface area (Å²) in [5.74, 6) is -2.45. The smallest absolute Gasteiger partial charge is 0.329 e. The van der Waals surface area contributed by atoms with Gasteiger partial charge in [0.05, 0.1) is 13.5 Å². The summed E-state index contributed by atoms with van der Waals surface area (Å²) < 4.78 is 4.78. The van der Waals surface area contributed by atoms with Gasteiger partial charge in [-0.3, -0.25) is 14.6 Å². The van der Waals surface area contributed by atoms with Gasteiger partial charge in [-0.1, -0.05) is 19.3 Å². The van der Waals surface area contributed by atoms with Crippen LogP contribution in [0, 0.1) is 5.92 Å². The highest BCUT2D eigenvalue weighted by Gasteiger charge is 2.27. The van der Waals surface area contributed by atoms with Crippen molar-refractivity contribution in [1.29, 1.82) is 0 Å². The van der Waals surface area contributed by atoms with Crippen molar-refractivity contribution in [3.05, 3.63) is 30.1 Å². The number of nitrogens with one attached hydrogen (secondary N) is 2. The van der Waals surface area contributed by atoms with Gasteiger partial charge < -0.3 is 20.5 Å². The molecule has 0 radical (unpaired) electrons. The minimum atomic E-state index is -1.09. The lowest BCUT2D eigenvalue weighted by Gasteiger charge is -2.24. The maximum Gasteiger partial charge on any atom is 0.329 e. The first-order chi connectivity index (χ1) is 14.9. The van der Waals surface area contributed by atoms with Gasteiger partial charge in [0.1, 0.15) is 6.04 Å². The summed E-state index contributed by atoms with van der Waals surface area (Å²) in [6, 6.07) is 1.95. The molecule has 3 N–H and O–H groups in total. The molecule has 170 valence electrons. The van der Waals surface area contributed by atoms with E-state index in [2.05, 4.69) is 15.6 Å². The number of rotatable bonds is 11. The van der Waals surface area contributed by atoms with E-state index in [1.807, 2.05) is 0 Å². The van der Waals surface area contributed by atoms with E-state index in [4.69, 9.17) is 4.74 Å². The van der Waals surface area contributed by atoms with E-state index in [-0.39, 0.29) is 29.8 Å². The van der Waals surface area contributed by atoms with E-state index in [0.717, 1.165) is 32.1 Å². The Morgan fingerprint density at radius 1 is 1.23 bits per heavy atom. The summed E-state index contributed by atoms with van der Waals surface area (Å²) in [7, 11) is 1.24. The zero-order valence-electron chi connectivity index (χ0n) is 17.5. The van der Waals surface area contributed by atoms with Gasteiger partial charge in [-0.2, -0.15) is 11.8 Å². The molecule has 1 aliphatic rings. The predicted molar refractivity (Wildman–Crippen MR) is 116 cm³/mol. The number of aromatic nitrogens is 1.